The maximum atomic E-state index is 14.9. The third kappa shape index (κ3) is 7.55. The second kappa shape index (κ2) is 14.4. The molecule has 4 heterocycles. The van der Waals surface area contributed by atoms with Gasteiger partial charge in [-0.25, -0.2) is 18.7 Å². The molecule has 5 rings (SSSR count). The van der Waals surface area contributed by atoms with E-state index in [0.29, 0.717) is 34.8 Å². The van der Waals surface area contributed by atoms with Gasteiger partial charge in [-0.1, -0.05) is 0 Å². The zero-order valence-electron chi connectivity index (χ0n) is 26.0. The third-order valence-corrected chi connectivity index (χ3v) is 8.13. The molecule has 1 aromatic carbocycles. The van der Waals surface area contributed by atoms with Crippen molar-refractivity contribution < 1.29 is 28.2 Å². The minimum atomic E-state index is -3.38. The van der Waals surface area contributed by atoms with Gasteiger partial charge in [0.2, 0.25) is 5.88 Å². The van der Waals surface area contributed by atoms with Crippen molar-refractivity contribution >= 4 is 35.6 Å². The number of anilines is 3. The smallest absolute Gasteiger partial charge is 0.301 e. The van der Waals surface area contributed by atoms with Crippen LogP contribution in [0.2, 0.25) is 0 Å². The van der Waals surface area contributed by atoms with Gasteiger partial charge in [-0.05, 0) is 51.2 Å². The topological polar surface area (TPSA) is 140 Å². The fourth-order valence-corrected chi connectivity index (χ4v) is 5.43. The number of aliphatic hydroxyl groups excluding tert-OH is 1. The second-order valence-electron chi connectivity index (χ2n) is 11.3. The average Bonchev–Trinajstić information content (AvgIpc) is 3.03. The van der Waals surface area contributed by atoms with Crippen LogP contribution < -0.4 is 19.7 Å². The number of nitrogens with zero attached hydrogens (tertiary/aromatic N) is 7. The monoisotopic (exact) mass is 658 g/mol. The van der Waals surface area contributed by atoms with Gasteiger partial charge in [-0.15, -0.1) is 12.4 Å². The number of aromatic nitrogens is 3. The molecule has 15 heteroatoms. The maximum Gasteiger partial charge on any atom is 0.301 e. The van der Waals surface area contributed by atoms with Crippen LogP contribution in [-0.2, 0) is 4.79 Å². The van der Waals surface area contributed by atoms with E-state index in [1.54, 1.807) is 19.2 Å². The first-order valence-electron chi connectivity index (χ1n) is 14.6. The number of piperazine rings is 1. The summed E-state index contributed by atoms with van der Waals surface area (Å²) in [5.41, 5.74) is 2.01. The lowest BCUT2D eigenvalue weighted by Crippen LogP contribution is -2.56. The van der Waals surface area contributed by atoms with Gasteiger partial charge in [0.1, 0.15) is 41.6 Å². The average molecular weight is 659 g/mol. The van der Waals surface area contributed by atoms with Crippen molar-refractivity contribution in [3.8, 4) is 29.0 Å². The lowest BCUT2D eigenvalue weighted by Gasteiger charge is -2.39. The molecule has 3 atom stereocenters. The minimum Gasteiger partial charge on any atom is -0.483 e. The Balaban J connectivity index is 0.00000480. The molecule has 2 aromatic heterocycles. The molecule has 2 aliphatic rings. The number of methoxy groups -OCH3 is 1. The summed E-state index contributed by atoms with van der Waals surface area (Å²) >= 11 is 0. The zero-order chi connectivity index (χ0) is 32.3. The number of nitrogens with one attached hydrogen (secondary N) is 1. The number of rotatable bonds is 8. The van der Waals surface area contributed by atoms with Gasteiger partial charge in [-0.2, -0.15) is 10.2 Å². The Morgan fingerprint density at radius 1 is 1.17 bits per heavy atom. The number of benzene rings is 1. The number of alkyl halides is 2. The van der Waals surface area contributed by atoms with E-state index in [-0.39, 0.29) is 36.7 Å². The van der Waals surface area contributed by atoms with Crippen LogP contribution in [0.3, 0.4) is 0 Å². The summed E-state index contributed by atoms with van der Waals surface area (Å²) in [7, 11) is 3.70. The molecule has 2 N–H and O–H groups in total. The number of nitriles is 1. The molecule has 246 valence electrons. The summed E-state index contributed by atoms with van der Waals surface area (Å²) in [6.07, 6.45) is -1.70. The first-order chi connectivity index (χ1) is 21.5. The SMILES string of the molecule is COc1nc(Nc2cc(-c3ccc(OC4CCN(C(=O)[C@@H](C)O)CC4(F)F)c(C#N)c3)ncn2)ccc1N1CCN(C)[C@H](C)C1.Cl. The number of piperidine rings is 1. The van der Waals surface area contributed by atoms with E-state index in [4.69, 9.17) is 9.47 Å². The number of amides is 1. The van der Waals surface area contributed by atoms with E-state index in [1.165, 1.54) is 25.4 Å². The lowest BCUT2D eigenvalue weighted by atomic mass is 10.0. The van der Waals surface area contributed by atoms with Crippen LogP contribution in [0.15, 0.2) is 42.7 Å². The molecule has 12 nitrogen and oxygen atoms in total. The number of hydrogen-bond donors (Lipinski definition) is 2. The maximum absolute atomic E-state index is 14.9. The van der Waals surface area contributed by atoms with Gasteiger partial charge in [-0.3, -0.25) is 4.79 Å². The highest BCUT2D eigenvalue weighted by molar-refractivity contribution is 5.85. The predicted octanol–water partition coefficient (Wildman–Crippen LogP) is 3.72. The normalized spacial score (nSPS) is 20.2. The van der Waals surface area contributed by atoms with E-state index >= 15 is 0 Å². The Hall–Kier alpha value is -4.32. The summed E-state index contributed by atoms with van der Waals surface area (Å²) in [4.78, 5) is 30.7. The minimum absolute atomic E-state index is 0. The van der Waals surface area contributed by atoms with E-state index in [1.807, 2.05) is 18.2 Å². The van der Waals surface area contributed by atoms with Gasteiger partial charge in [0, 0.05) is 50.3 Å². The van der Waals surface area contributed by atoms with E-state index in [2.05, 4.69) is 44.0 Å². The Labute approximate surface area is 272 Å². The summed E-state index contributed by atoms with van der Waals surface area (Å²) in [5, 5.41) is 22.5. The number of ether oxygens (including phenoxy) is 2. The van der Waals surface area contributed by atoms with Crippen LogP contribution in [0.4, 0.5) is 26.1 Å². The molecular weight excluding hydrogens is 622 g/mol. The fourth-order valence-electron chi connectivity index (χ4n) is 5.43. The summed E-state index contributed by atoms with van der Waals surface area (Å²) in [5.74, 6) is -2.68. The molecule has 0 spiro atoms. The van der Waals surface area contributed by atoms with Crippen LogP contribution in [0.1, 0.15) is 25.8 Å². The molecule has 2 saturated heterocycles. The highest BCUT2D eigenvalue weighted by atomic mass is 35.5. The van der Waals surface area contributed by atoms with Crippen LogP contribution >= 0.6 is 12.4 Å². The van der Waals surface area contributed by atoms with Crippen LogP contribution in [0.5, 0.6) is 11.6 Å². The Bertz CT molecular complexity index is 1590. The van der Waals surface area contributed by atoms with Crippen LogP contribution in [0, 0.1) is 11.3 Å². The van der Waals surface area contributed by atoms with Crippen LogP contribution in [0.25, 0.3) is 11.3 Å². The molecule has 1 unspecified atom stereocenters. The van der Waals surface area contributed by atoms with E-state index < -0.39 is 30.6 Å². The predicted molar refractivity (Wildman–Crippen MR) is 170 cm³/mol. The first kappa shape index (κ1) is 34.6. The van der Waals surface area contributed by atoms with E-state index in [0.717, 1.165) is 30.2 Å². The molecular formula is C31H37ClF2N8O4. The number of carbonyl (C=O) groups is 1. The van der Waals surface area contributed by atoms with Crippen molar-refractivity contribution in [2.24, 2.45) is 0 Å². The number of likely N-dealkylation sites (N-methyl/N-ethyl adjacent to an activating group) is 1. The molecule has 2 fully saturated rings. The van der Waals surface area contributed by atoms with Gasteiger partial charge >= 0.3 is 5.92 Å². The fraction of sp³-hybridized carbons (Fsp3) is 0.452. The van der Waals surface area contributed by atoms with Crippen molar-refractivity contribution in [2.45, 2.75) is 44.4 Å². The Kier molecular flexibility index (Phi) is 10.8. The number of hydrogen-bond acceptors (Lipinski definition) is 11. The van der Waals surface area contributed by atoms with Crippen molar-refractivity contribution in [3.63, 3.8) is 0 Å². The number of carbonyl (C=O) groups excluding carboxylic acids is 1. The molecule has 2 aliphatic heterocycles. The molecule has 0 saturated carbocycles. The van der Waals surface area contributed by atoms with Crippen molar-refractivity contribution in [2.75, 3.05) is 57.1 Å². The van der Waals surface area contributed by atoms with Crippen molar-refractivity contribution in [1.29, 1.82) is 5.26 Å². The summed E-state index contributed by atoms with van der Waals surface area (Å²) in [6.45, 7) is 5.20. The van der Waals surface area contributed by atoms with E-state index in [9.17, 15) is 23.9 Å². The highest BCUT2D eigenvalue weighted by Gasteiger charge is 2.48. The number of aliphatic hydroxyl groups is 1. The summed E-state index contributed by atoms with van der Waals surface area (Å²) in [6, 6.07) is 12.5. The zero-order valence-corrected chi connectivity index (χ0v) is 26.8. The number of likely N-dealkylation sites (tertiary alicyclic amines) is 1. The summed E-state index contributed by atoms with van der Waals surface area (Å²) < 4.78 is 41.0. The standard InChI is InChI=1S/C31H36F2N8O4.ClH/c1-19-16-40(12-11-39(19)3)24-6-8-27(38-29(24)44-4)37-28-14-23(35-18-36-28)21-5-7-25(22(13-21)15-34)45-26-9-10-41(17-31(26,32)33)30(43)20(2)42;/h5-8,13-14,18-20,26,42H,9-12,16-17H2,1-4H3,(H,35,36,37,38);1H/t19-,20-,26?;/m1./s1. The first-order valence-corrected chi connectivity index (χ1v) is 14.6. The second-order valence-corrected chi connectivity index (χ2v) is 11.3. The Morgan fingerprint density at radius 2 is 1.96 bits per heavy atom. The number of pyridine rings is 1. The Morgan fingerprint density at radius 3 is 2.63 bits per heavy atom. The highest BCUT2D eigenvalue weighted by Crippen LogP contribution is 2.35. The van der Waals surface area contributed by atoms with Crippen molar-refractivity contribution in [1.82, 2.24) is 24.8 Å². The quantitative estimate of drug-likeness (QED) is 0.366. The molecule has 0 aliphatic carbocycles. The molecule has 3 aromatic rings. The van der Waals surface area contributed by atoms with Gasteiger partial charge in [0.15, 0.2) is 6.10 Å². The molecule has 0 bridgehead atoms. The van der Waals surface area contributed by atoms with Crippen molar-refractivity contribution in [3.05, 3.63) is 48.3 Å². The third-order valence-electron chi connectivity index (χ3n) is 8.13. The van der Waals surface area contributed by atoms with Gasteiger partial charge < -0.3 is 34.6 Å². The largest absolute Gasteiger partial charge is 0.483 e. The van der Waals surface area contributed by atoms with Gasteiger partial charge in [0.25, 0.3) is 5.91 Å². The van der Waals surface area contributed by atoms with Crippen LogP contribution in [-0.4, -0.2) is 107 Å². The van der Waals surface area contributed by atoms with Gasteiger partial charge in [0.05, 0.1) is 24.9 Å². The lowest BCUT2D eigenvalue weighted by molar-refractivity contribution is -0.165. The molecule has 1 amide bonds. The number of halogens is 3. The molecule has 46 heavy (non-hydrogen) atoms. The molecule has 0 radical (unpaired) electrons.